The van der Waals surface area contributed by atoms with Gasteiger partial charge in [0.05, 0.1) is 10.9 Å². The average Bonchev–Trinajstić information content (AvgIpc) is 2.11. The van der Waals surface area contributed by atoms with Gasteiger partial charge in [0.25, 0.3) is 0 Å². The SMILES string of the molecule is Cc1cc(Br)c(F)cc1NCCC(F)(F)F. The second-order valence-electron chi connectivity index (χ2n) is 3.37. The Morgan fingerprint density at radius 3 is 2.50 bits per heavy atom. The van der Waals surface area contributed by atoms with Crippen molar-refractivity contribution in [1.82, 2.24) is 0 Å². The lowest BCUT2D eigenvalue weighted by atomic mass is 10.2. The van der Waals surface area contributed by atoms with Crippen LogP contribution < -0.4 is 5.32 Å². The largest absolute Gasteiger partial charge is 0.390 e. The van der Waals surface area contributed by atoms with Crippen LogP contribution in [-0.2, 0) is 0 Å². The summed E-state index contributed by atoms with van der Waals surface area (Å²) in [4.78, 5) is 0. The van der Waals surface area contributed by atoms with Gasteiger partial charge in [0, 0.05) is 12.2 Å². The summed E-state index contributed by atoms with van der Waals surface area (Å²) in [5, 5.41) is 2.56. The molecular formula is C10H10BrF4N. The van der Waals surface area contributed by atoms with Crippen molar-refractivity contribution in [3.05, 3.63) is 28.0 Å². The van der Waals surface area contributed by atoms with Gasteiger partial charge in [-0.2, -0.15) is 13.2 Å². The van der Waals surface area contributed by atoms with Crippen molar-refractivity contribution >= 4 is 21.6 Å². The third kappa shape index (κ3) is 4.00. The summed E-state index contributed by atoms with van der Waals surface area (Å²) in [5.74, 6) is -0.500. The first-order valence-electron chi connectivity index (χ1n) is 4.56. The van der Waals surface area contributed by atoms with E-state index in [4.69, 9.17) is 0 Å². The Kier molecular flexibility index (Phi) is 4.18. The molecule has 0 bridgehead atoms. The van der Waals surface area contributed by atoms with Crippen LogP contribution in [0.15, 0.2) is 16.6 Å². The monoisotopic (exact) mass is 299 g/mol. The third-order valence-electron chi connectivity index (χ3n) is 1.99. The Bertz CT molecular complexity index is 376. The molecule has 0 unspecified atom stereocenters. The topological polar surface area (TPSA) is 12.0 Å². The molecule has 0 heterocycles. The Balaban J connectivity index is 2.64. The molecule has 1 nitrogen and oxygen atoms in total. The number of rotatable bonds is 3. The molecule has 1 N–H and O–H groups in total. The van der Waals surface area contributed by atoms with E-state index >= 15 is 0 Å². The van der Waals surface area contributed by atoms with E-state index in [9.17, 15) is 17.6 Å². The van der Waals surface area contributed by atoms with Crippen LogP contribution in [0.25, 0.3) is 0 Å². The minimum Gasteiger partial charge on any atom is -0.384 e. The van der Waals surface area contributed by atoms with E-state index in [-0.39, 0.29) is 6.54 Å². The first-order chi connectivity index (χ1) is 7.29. The van der Waals surface area contributed by atoms with Gasteiger partial charge in [0.2, 0.25) is 0 Å². The van der Waals surface area contributed by atoms with E-state index < -0.39 is 18.4 Å². The normalized spacial score (nSPS) is 11.6. The molecule has 0 fully saturated rings. The van der Waals surface area contributed by atoms with Crippen LogP contribution in [0.3, 0.4) is 0 Å². The lowest BCUT2D eigenvalue weighted by Gasteiger charge is -2.11. The van der Waals surface area contributed by atoms with Gasteiger partial charge in [0.15, 0.2) is 0 Å². The summed E-state index contributed by atoms with van der Waals surface area (Å²) < 4.78 is 49.1. The minimum atomic E-state index is -4.20. The molecule has 0 radical (unpaired) electrons. The molecule has 0 saturated carbocycles. The Hall–Kier alpha value is -0.780. The summed E-state index contributed by atoms with van der Waals surface area (Å²) in [5.41, 5.74) is 1.07. The highest BCUT2D eigenvalue weighted by Crippen LogP contribution is 2.25. The second kappa shape index (κ2) is 5.03. The lowest BCUT2D eigenvalue weighted by molar-refractivity contribution is -0.131. The van der Waals surface area contributed by atoms with Gasteiger partial charge in [-0.3, -0.25) is 0 Å². The zero-order valence-electron chi connectivity index (χ0n) is 8.46. The number of halogens is 5. The molecular weight excluding hydrogens is 290 g/mol. The van der Waals surface area contributed by atoms with Crippen molar-refractivity contribution in [2.45, 2.75) is 19.5 Å². The molecule has 0 atom stereocenters. The standard InChI is InChI=1S/C10H10BrF4N/c1-6-4-7(11)8(12)5-9(6)16-3-2-10(13,14)15/h4-5,16H,2-3H2,1H3. The van der Waals surface area contributed by atoms with E-state index in [1.165, 1.54) is 12.1 Å². The molecule has 1 rings (SSSR count). The molecule has 0 saturated heterocycles. The van der Waals surface area contributed by atoms with Crippen molar-refractivity contribution in [3.63, 3.8) is 0 Å². The molecule has 0 aliphatic heterocycles. The fourth-order valence-corrected chi connectivity index (χ4v) is 1.63. The van der Waals surface area contributed by atoms with Crippen LogP contribution in [-0.4, -0.2) is 12.7 Å². The molecule has 6 heteroatoms. The van der Waals surface area contributed by atoms with Gasteiger partial charge in [-0.1, -0.05) is 0 Å². The molecule has 16 heavy (non-hydrogen) atoms. The first-order valence-corrected chi connectivity index (χ1v) is 5.35. The van der Waals surface area contributed by atoms with E-state index in [2.05, 4.69) is 21.2 Å². The van der Waals surface area contributed by atoms with Crippen LogP contribution in [0.4, 0.5) is 23.2 Å². The maximum atomic E-state index is 13.1. The molecule has 1 aromatic carbocycles. The number of benzene rings is 1. The number of aryl methyl sites for hydroxylation is 1. The molecule has 90 valence electrons. The van der Waals surface area contributed by atoms with Gasteiger partial charge in [0.1, 0.15) is 5.82 Å². The quantitative estimate of drug-likeness (QED) is 0.822. The maximum Gasteiger partial charge on any atom is 0.390 e. The molecule has 0 aliphatic carbocycles. The van der Waals surface area contributed by atoms with Gasteiger partial charge in [-0.15, -0.1) is 0 Å². The van der Waals surface area contributed by atoms with Gasteiger partial charge >= 0.3 is 6.18 Å². The van der Waals surface area contributed by atoms with E-state index in [1.54, 1.807) is 6.92 Å². The third-order valence-corrected chi connectivity index (χ3v) is 2.60. The van der Waals surface area contributed by atoms with Crippen molar-refractivity contribution in [3.8, 4) is 0 Å². The summed E-state index contributed by atoms with van der Waals surface area (Å²) in [7, 11) is 0. The summed E-state index contributed by atoms with van der Waals surface area (Å²) in [6.07, 6.45) is -5.14. The molecule has 0 aliphatic rings. The summed E-state index contributed by atoms with van der Waals surface area (Å²) >= 11 is 3.00. The Morgan fingerprint density at radius 1 is 1.31 bits per heavy atom. The smallest absolute Gasteiger partial charge is 0.384 e. The average molecular weight is 300 g/mol. The van der Waals surface area contributed by atoms with Crippen molar-refractivity contribution in [1.29, 1.82) is 0 Å². The Labute approximate surface area is 99.0 Å². The van der Waals surface area contributed by atoms with Crippen molar-refractivity contribution in [2.75, 3.05) is 11.9 Å². The first kappa shape index (κ1) is 13.3. The fraction of sp³-hybridized carbons (Fsp3) is 0.400. The highest BCUT2D eigenvalue weighted by Gasteiger charge is 2.26. The van der Waals surface area contributed by atoms with E-state index in [0.29, 0.717) is 15.7 Å². The van der Waals surface area contributed by atoms with Crippen LogP contribution in [0.1, 0.15) is 12.0 Å². The van der Waals surface area contributed by atoms with Gasteiger partial charge < -0.3 is 5.32 Å². The van der Waals surface area contributed by atoms with Crippen LogP contribution in [0.5, 0.6) is 0 Å². The summed E-state index contributed by atoms with van der Waals surface area (Å²) in [6, 6.07) is 2.70. The molecule has 0 spiro atoms. The number of hydrogen-bond acceptors (Lipinski definition) is 1. The summed E-state index contributed by atoms with van der Waals surface area (Å²) in [6.45, 7) is 1.44. The zero-order chi connectivity index (χ0) is 12.3. The molecule has 0 amide bonds. The second-order valence-corrected chi connectivity index (χ2v) is 4.23. The predicted octanol–water partition coefficient (Wildman–Crippen LogP) is 4.26. The van der Waals surface area contributed by atoms with Gasteiger partial charge in [-0.25, -0.2) is 4.39 Å². The van der Waals surface area contributed by atoms with E-state index in [0.717, 1.165) is 0 Å². The van der Waals surface area contributed by atoms with Crippen LogP contribution in [0, 0.1) is 12.7 Å². The minimum absolute atomic E-state index is 0.259. The predicted molar refractivity (Wildman–Crippen MR) is 58.0 cm³/mol. The van der Waals surface area contributed by atoms with Gasteiger partial charge in [-0.05, 0) is 40.5 Å². The van der Waals surface area contributed by atoms with Crippen LogP contribution in [0.2, 0.25) is 0 Å². The molecule has 0 aromatic heterocycles. The zero-order valence-corrected chi connectivity index (χ0v) is 10.0. The number of alkyl halides is 3. The highest BCUT2D eigenvalue weighted by atomic mass is 79.9. The number of hydrogen-bond donors (Lipinski definition) is 1. The molecule has 1 aromatic rings. The van der Waals surface area contributed by atoms with Crippen molar-refractivity contribution < 1.29 is 17.6 Å². The van der Waals surface area contributed by atoms with Crippen molar-refractivity contribution in [2.24, 2.45) is 0 Å². The van der Waals surface area contributed by atoms with E-state index in [1.807, 2.05) is 0 Å². The lowest BCUT2D eigenvalue weighted by Crippen LogP contribution is -2.15. The van der Waals surface area contributed by atoms with Crippen LogP contribution >= 0.6 is 15.9 Å². The highest BCUT2D eigenvalue weighted by molar-refractivity contribution is 9.10. The Morgan fingerprint density at radius 2 is 1.94 bits per heavy atom. The number of anilines is 1. The maximum absolute atomic E-state index is 13.1. The fourth-order valence-electron chi connectivity index (χ4n) is 1.18. The number of nitrogens with one attached hydrogen (secondary N) is 1.